The minimum absolute atomic E-state index is 0.183. The van der Waals surface area contributed by atoms with Crippen LogP contribution in [0.2, 0.25) is 0 Å². The molecule has 8 heteroatoms. The Kier molecular flexibility index (Phi) is 7.22. The molecular formula is C30H28N2O6. The van der Waals surface area contributed by atoms with Crippen LogP contribution >= 0.6 is 0 Å². The third-order valence-corrected chi connectivity index (χ3v) is 7.27. The van der Waals surface area contributed by atoms with Gasteiger partial charge in [0.2, 0.25) is 11.8 Å². The molecule has 8 nitrogen and oxygen atoms in total. The van der Waals surface area contributed by atoms with E-state index in [1.165, 1.54) is 22.6 Å². The molecule has 5 rings (SSSR count). The van der Waals surface area contributed by atoms with Crippen molar-refractivity contribution in [3.8, 4) is 5.75 Å². The Bertz CT molecular complexity index is 1340. The van der Waals surface area contributed by atoms with Gasteiger partial charge < -0.3 is 14.8 Å². The van der Waals surface area contributed by atoms with Gasteiger partial charge in [-0.25, -0.2) is 4.79 Å². The molecule has 0 radical (unpaired) electrons. The molecule has 0 bridgehead atoms. The highest BCUT2D eigenvalue weighted by atomic mass is 16.5. The Balaban J connectivity index is 1.18. The van der Waals surface area contributed by atoms with Crippen LogP contribution in [0.25, 0.3) is 0 Å². The fraction of sp³-hybridized carbons (Fsp3) is 0.267. The van der Waals surface area contributed by atoms with E-state index in [0.717, 1.165) is 6.42 Å². The fourth-order valence-electron chi connectivity index (χ4n) is 5.29. The second-order valence-corrected chi connectivity index (χ2v) is 9.55. The van der Waals surface area contributed by atoms with E-state index in [-0.39, 0.29) is 35.1 Å². The van der Waals surface area contributed by atoms with Crippen molar-refractivity contribution in [2.75, 3.05) is 23.9 Å². The number of amides is 3. The van der Waals surface area contributed by atoms with Crippen molar-refractivity contribution in [1.82, 2.24) is 0 Å². The minimum Gasteiger partial charge on any atom is -0.497 e. The summed E-state index contributed by atoms with van der Waals surface area (Å²) in [4.78, 5) is 52.3. The van der Waals surface area contributed by atoms with Gasteiger partial charge in [0.1, 0.15) is 5.75 Å². The van der Waals surface area contributed by atoms with Crippen LogP contribution in [0.1, 0.15) is 41.1 Å². The first-order chi connectivity index (χ1) is 18.4. The number of rotatable bonds is 7. The number of anilines is 2. The first-order valence-electron chi connectivity index (χ1n) is 12.6. The molecule has 1 saturated heterocycles. The number of hydrogen-bond acceptors (Lipinski definition) is 6. The van der Waals surface area contributed by atoms with E-state index in [1.807, 2.05) is 18.2 Å². The number of nitrogens with zero attached hydrogens (tertiary/aromatic N) is 1. The van der Waals surface area contributed by atoms with Crippen molar-refractivity contribution in [2.24, 2.45) is 11.8 Å². The maximum absolute atomic E-state index is 13.3. The van der Waals surface area contributed by atoms with E-state index in [1.54, 1.807) is 43.5 Å². The van der Waals surface area contributed by atoms with Crippen LogP contribution in [0.15, 0.2) is 78.9 Å². The number of nitrogens with one attached hydrogen (secondary N) is 1. The molecule has 1 heterocycles. The van der Waals surface area contributed by atoms with Crippen LogP contribution in [0.4, 0.5) is 11.4 Å². The van der Waals surface area contributed by atoms with E-state index in [0.29, 0.717) is 30.0 Å². The van der Waals surface area contributed by atoms with E-state index in [4.69, 9.17) is 9.47 Å². The maximum Gasteiger partial charge on any atom is 0.338 e. The molecule has 1 aliphatic carbocycles. The number of esters is 1. The Morgan fingerprint density at radius 2 is 1.55 bits per heavy atom. The summed E-state index contributed by atoms with van der Waals surface area (Å²) in [5, 5.41) is 2.64. The summed E-state index contributed by atoms with van der Waals surface area (Å²) in [6.07, 6.45) is 2.20. The van der Waals surface area contributed by atoms with Crippen LogP contribution in [-0.4, -0.2) is 37.4 Å². The zero-order valence-electron chi connectivity index (χ0n) is 21.0. The van der Waals surface area contributed by atoms with Gasteiger partial charge in [-0.05, 0) is 79.3 Å². The first kappa shape index (κ1) is 25.2. The highest BCUT2D eigenvalue weighted by Gasteiger charge is 2.50. The predicted octanol–water partition coefficient (Wildman–Crippen LogP) is 4.56. The second kappa shape index (κ2) is 10.9. The normalized spacial score (nSPS) is 20.6. The summed E-state index contributed by atoms with van der Waals surface area (Å²) in [6.45, 7) is -0.457. The van der Waals surface area contributed by atoms with Gasteiger partial charge in [-0.2, -0.15) is 0 Å². The standard InChI is InChI=1S/C30H28N2O6/c1-37-24-14-10-22(11-15-24)31-27(33)18-38-30(36)20-7-12-23(13-8-20)32-28(34)25-16-9-21(17-26(25)29(32)35)19-5-3-2-4-6-19/h2-8,10-15,21,25-26H,9,16-18H2,1H3,(H,31,33)/t21-,25-,26-/m1/s1. The lowest BCUT2D eigenvalue weighted by molar-refractivity contribution is -0.122. The van der Waals surface area contributed by atoms with Crippen molar-refractivity contribution in [3.05, 3.63) is 90.0 Å². The van der Waals surface area contributed by atoms with Gasteiger partial charge >= 0.3 is 5.97 Å². The van der Waals surface area contributed by atoms with E-state index in [9.17, 15) is 19.2 Å². The molecule has 0 spiro atoms. The van der Waals surface area contributed by atoms with Crippen LogP contribution in [-0.2, 0) is 19.1 Å². The molecule has 38 heavy (non-hydrogen) atoms. The van der Waals surface area contributed by atoms with Gasteiger partial charge in [0.05, 0.1) is 30.2 Å². The van der Waals surface area contributed by atoms with Crippen LogP contribution < -0.4 is 15.0 Å². The topological polar surface area (TPSA) is 102 Å². The van der Waals surface area contributed by atoms with Gasteiger partial charge in [-0.15, -0.1) is 0 Å². The van der Waals surface area contributed by atoms with Gasteiger partial charge in [-0.3, -0.25) is 19.3 Å². The minimum atomic E-state index is -0.681. The number of imide groups is 1. The summed E-state index contributed by atoms with van der Waals surface area (Å²) < 4.78 is 10.2. The highest BCUT2D eigenvalue weighted by Crippen LogP contribution is 2.45. The zero-order valence-corrected chi connectivity index (χ0v) is 21.0. The molecule has 3 aromatic carbocycles. The molecule has 3 atom stereocenters. The van der Waals surface area contributed by atoms with Crippen molar-refractivity contribution >= 4 is 35.1 Å². The van der Waals surface area contributed by atoms with Gasteiger partial charge in [0.15, 0.2) is 6.61 Å². The van der Waals surface area contributed by atoms with Crippen LogP contribution in [0.3, 0.4) is 0 Å². The molecule has 194 valence electrons. The molecule has 1 N–H and O–H groups in total. The first-order valence-corrected chi connectivity index (χ1v) is 12.6. The largest absolute Gasteiger partial charge is 0.497 e. The Morgan fingerprint density at radius 1 is 0.868 bits per heavy atom. The summed E-state index contributed by atoms with van der Waals surface area (Å²) in [5.41, 5.74) is 2.39. The van der Waals surface area contributed by atoms with Crippen molar-refractivity contribution in [3.63, 3.8) is 0 Å². The predicted molar refractivity (Wildman–Crippen MR) is 141 cm³/mol. The second-order valence-electron chi connectivity index (χ2n) is 9.55. The van der Waals surface area contributed by atoms with E-state index in [2.05, 4.69) is 17.4 Å². The Hall–Kier alpha value is -4.46. The third-order valence-electron chi connectivity index (χ3n) is 7.27. The average molecular weight is 513 g/mol. The number of fused-ring (bicyclic) bond motifs is 1. The molecule has 0 unspecified atom stereocenters. The van der Waals surface area contributed by atoms with Crippen LogP contribution in [0, 0.1) is 11.8 Å². The van der Waals surface area contributed by atoms with Gasteiger partial charge in [0, 0.05) is 5.69 Å². The molecule has 2 aliphatic rings. The lowest BCUT2D eigenvalue weighted by atomic mass is 9.73. The fourth-order valence-corrected chi connectivity index (χ4v) is 5.29. The monoisotopic (exact) mass is 512 g/mol. The highest BCUT2D eigenvalue weighted by molar-refractivity contribution is 6.22. The molecule has 3 aromatic rings. The van der Waals surface area contributed by atoms with Crippen molar-refractivity contribution < 1.29 is 28.7 Å². The molecule has 1 aliphatic heterocycles. The Labute approximate surface area is 220 Å². The lowest BCUT2D eigenvalue weighted by Crippen LogP contribution is -2.30. The van der Waals surface area contributed by atoms with Crippen molar-refractivity contribution in [1.29, 1.82) is 0 Å². The number of methoxy groups -OCH3 is 1. The average Bonchev–Trinajstić information content (AvgIpc) is 3.21. The summed E-state index contributed by atoms with van der Waals surface area (Å²) in [5.74, 6) is -1.27. The smallest absolute Gasteiger partial charge is 0.338 e. The molecule has 1 saturated carbocycles. The van der Waals surface area contributed by atoms with Crippen LogP contribution in [0.5, 0.6) is 5.75 Å². The summed E-state index contributed by atoms with van der Waals surface area (Å²) in [7, 11) is 1.55. The molecule has 3 amide bonds. The number of carbonyl (C=O) groups excluding carboxylic acids is 4. The molecule has 0 aromatic heterocycles. The van der Waals surface area contributed by atoms with Gasteiger partial charge in [0.25, 0.3) is 5.91 Å². The molecule has 2 fully saturated rings. The van der Waals surface area contributed by atoms with E-state index >= 15 is 0 Å². The molecular weight excluding hydrogens is 484 g/mol. The quantitative estimate of drug-likeness (QED) is 0.368. The van der Waals surface area contributed by atoms with Gasteiger partial charge in [-0.1, -0.05) is 30.3 Å². The van der Waals surface area contributed by atoms with Crippen molar-refractivity contribution in [2.45, 2.75) is 25.2 Å². The third kappa shape index (κ3) is 5.16. The number of hydrogen-bond donors (Lipinski definition) is 1. The summed E-state index contributed by atoms with van der Waals surface area (Å²) >= 11 is 0. The number of ether oxygens (including phenoxy) is 2. The summed E-state index contributed by atoms with van der Waals surface area (Å²) in [6, 6.07) is 23.0. The number of benzene rings is 3. The SMILES string of the molecule is COc1ccc(NC(=O)COC(=O)c2ccc(N3C(=O)[C@@H]4CC[C@@H](c5ccccc5)C[C@H]4C3=O)cc2)cc1. The lowest BCUT2D eigenvalue weighted by Gasteiger charge is -2.28. The Morgan fingerprint density at radius 3 is 2.24 bits per heavy atom. The number of carbonyl (C=O) groups is 4. The zero-order chi connectivity index (χ0) is 26.6. The van der Waals surface area contributed by atoms with E-state index < -0.39 is 18.5 Å². The maximum atomic E-state index is 13.3.